The van der Waals surface area contributed by atoms with Crippen molar-refractivity contribution in [3.8, 4) is 17.2 Å². The monoisotopic (exact) mass is 263 g/mol. The number of rotatable bonds is 2. The van der Waals surface area contributed by atoms with Crippen LogP contribution in [0.4, 0.5) is 5.69 Å². The molecule has 0 bridgehead atoms. The number of benzene rings is 1. The van der Waals surface area contributed by atoms with Crippen molar-refractivity contribution in [2.75, 3.05) is 18.9 Å². The van der Waals surface area contributed by atoms with Crippen LogP contribution in [-0.4, -0.2) is 19.3 Å². The lowest BCUT2D eigenvalue weighted by molar-refractivity contribution is 0.102. The molecule has 2 unspecified atom stereocenters. The summed E-state index contributed by atoms with van der Waals surface area (Å²) in [7, 11) is 0. The van der Waals surface area contributed by atoms with Crippen LogP contribution in [0.25, 0.3) is 0 Å². The van der Waals surface area contributed by atoms with Crippen LogP contribution in [0, 0.1) is 5.92 Å². The van der Waals surface area contributed by atoms with Crippen LogP contribution in [0.15, 0.2) is 12.1 Å². The van der Waals surface area contributed by atoms with Gasteiger partial charge in [-0.25, -0.2) is 0 Å². The van der Waals surface area contributed by atoms with E-state index in [0.717, 1.165) is 17.9 Å². The largest absolute Gasteiger partial charge is 0.488 e. The molecule has 0 aromatic heterocycles. The molecule has 2 N–H and O–H groups in total. The molecule has 4 heteroatoms. The lowest BCUT2D eigenvalue weighted by atomic mass is 9.88. The van der Waals surface area contributed by atoms with Gasteiger partial charge in [0.2, 0.25) is 0 Å². The Morgan fingerprint density at radius 2 is 1.79 bits per heavy atom. The lowest BCUT2D eigenvalue weighted by Crippen LogP contribution is -2.28. The van der Waals surface area contributed by atoms with Crippen LogP contribution in [0.1, 0.15) is 32.6 Å². The van der Waals surface area contributed by atoms with E-state index in [-0.39, 0.29) is 6.10 Å². The quantitative estimate of drug-likeness (QED) is 0.833. The maximum absolute atomic E-state index is 6.10. The van der Waals surface area contributed by atoms with Crippen LogP contribution in [0.2, 0.25) is 0 Å². The Morgan fingerprint density at radius 3 is 2.53 bits per heavy atom. The van der Waals surface area contributed by atoms with Crippen molar-refractivity contribution in [1.82, 2.24) is 0 Å². The fraction of sp³-hybridized carbons (Fsp3) is 0.600. The number of nitrogen functional groups attached to an aromatic ring is 1. The average molecular weight is 263 g/mol. The van der Waals surface area contributed by atoms with Crippen LogP contribution < -0.4 is 19.9 Å². The Balaban J connectivity index is 1.80. The number of hydrogen-bond acceptors (Lipinski definition) is 4. The third-order valence-corrected chi connectivity index (χ3v) is 3.99. The van der Waals surface area contributed by atoms with Crippen LogP contribution >= 0.6 is 0 Å². The van der Waals surface area contributed by atoms with Crippen molar-refractivity contribution in [1.29, 1.82) is 0 Å². The molecule has 1 saturated carbocycles. The normalized spacial score (nSPS) is 25.9. The van der Waals surface area contributed by atoms with Crippen LogP contribution in [-0.2, 0) is 0 Å². The molecule has 104 valence electrons. The zero-order valence-electron chi connectivity index (χ0n) is 11.4. The Hall–Kier alpha value is -1.58. The molecule has 2 aliphatic rings. The summed E-state index contributed by atoms with van der Waals surface area (Å²) in [6.45, 7) is 3.40. The SMILES string of the molecule is CC1CCCCC1Oc1cc2c(cc1N)OCCO2. The van der Waals surface area contributed by atoms with Crippen molar-refractivity contribution in [2.45, 2.75) is 38.7 Å². The second-order valence-electron chi connectivity index (χ2n) is 5.45. The van der Waals surface area contributed by atoms with Gasteiger partial charge in [0.25, 0.3) is 0 Å². The minimum Gasteiger partial charge on any atom is -0.488 e. The zero-order valence-corrected chi connectivity index (χ0v) is 11.4. The van der Waals surface area contributed by atoms with E-state index in [1.165, 1.54) is 19.3 Å². The van der Waals surface area contributed by atoms with Crippen molar-refractivity contribution in [2.24, 2.45) is 5.92 Å². The average Bonchev–Trinajstić information content (AvgIpc) is 2.42. The van der Waals surface area contributed by atoms with E-state index in [9.17, 15) is 0 Å². The number of fused-ring (bicyclic) bond motifs is 1. The van der Waals surface area contributed by atoms with Gasteiger partial charge in [0.1, 0.15) is 25.1 Å². The standard InChI is InChI=1S/C15H21NO3/c1-10-4-2-3-5-12(10)19-13-9-15-14(8-11(13)16)17-6-7-18-15/h8-10,12H,2-7,16H2,1H3. The second-order valence-corrected chi connectivity index (χ2v) is 5.45. The minimum atomic E-state index is 0.263. The Labute approximate surface area is 113 Å². The molecule has 0 amide bonds. The first-order valence-electron chi connectivity index (χ1n) is 7.10. The van der Waals surface area contributed by atoms with Gasteiger partial charge < -0.3 is 19.9 Å². The summed E-state index contributed by atoms with van der Waals surface area (Å²) in [5.74, 6) is 2.76. The van der Waals surface area contributed by atoms with Gasteiger partial charge in [0.15, 0.2) is 11.5 Å². The van der Waals surface area contributed by atoms with Gasteiger partial charge in [-0.05, 0) is 25.2 Å². The fourth-order valence-electron chi connectivity index (χ4n) is 2.81. The topological polar surface area (TPSA) is 53.7 Å². The first-order chi connectivity index (χ1) is 9.24. The Kier molecular flexibility index (Phi) is 3.40. The second kappa shape index (κ2) is 5.19. The minimum absolute atomic E-state index is 0.263. The van der Waals surface area contributed by atoms with Gasteiger partial charge in [-0.3, -0.25) is 0 Å². The molecule has 4 nitrogen and oxygen atoms in total. The molecular formula is C15H21NO3. The predicted molar refractivity (Wildman–Crippen MR) is 73.9 cm³/mol. The van der Waals surface area contributed by atoms with E-state index in [4.69, 9.17) is 19.9 Å². The van der Waals surface area contributed by atoms with E-state index >= 15 is 0 Å². The maximum Gasteiger partial charge on any atom is 0.165 e. The van der Waals surface area contributed by atoms with Gasteiger partial charge in [0.05, 0.1) is 5.69 Å². The maximum atomic E-state index is 6.10. The summed E-state index contributed by atoms with van der Waals surface area (Å²) < 4.78 is 17.2. The van der Waals surface area contributed by atoms with E-state index in [1.807, 2.05) is 6.07 Å². The molecule has 3 rings (SSSR count). The summed E-state index contributed by atoms with van der Waals surface area (Å²) >= 11 is 0. The molecule has 1 aromatic rings. The highest BCUT2D eigenvalue weighted by molar-refractivity contribution is 5.62. The Morgan fingerprint density at radius 1 is 1.11 bits per heavy atom. The summed E-state index contributed by atoms with van der Waals surface area (Å²) in [5.41, 5.74) is 6.67. The van der Waals surface area contributed by atoms with Crippen LogP contribution in [0.3, 0.4) is 0 Å². The van der Waals surface area contributed by atoms with Gasteiger partial charge in [-0.15, -0.1) is 0 Å². The summed E-state index contributed by atoms with van der Waals surface area (Å²) in [5, 5.41) is 0. The van der Waals surface area contributed by atoms with E-state index in [2.05, 4.69) is 6.92 Å². The molecule has 2 atom stereocenters. The molecule has 1 aromatic carbocycles. The first-order valence-corrected chi connectivity index (χ1v) is 7.10. The number of ether oxygens (including phenoxy) is 3. The highest BCUT2D eigenvalue weighted by atomic mass is 16.6. The molecule has 1 aliphatic heterocycles. The summed E-state index contributed by atoms with van der Waals surface area (Å²) in [6.07, 6.45) is 5.14. The molecule has 1 fully saturated rings. The van der Waals surface area contributed by atoms with Gasteiger partial charge in [0, 0.05) is 12.1 Å². The number of anilines is 1. The Bertz CT molecular complexity index is 461. The van der Waals surface area contributed by atoms with Crippen molar-refractivity contribution >= 4 is 5.69 Å². The molecule has 1 heterocycles. The van der Waals surface area contributed by atoms with Crippen molar-refractivity contribution < 1.29 is 14.2 Å². The molecule has 0 spiro atoms. The molecular weight excluding hydrogens is 242 g/mol. The van der Waals surface area contributed by atoms with Gasteiger partial charge >= 0.3 is 0 Å². The highest BCUT2D eigenvalue weighted by Crippen LogP contribution is 2.40. The summed E-state index contributed by atoms with van der Waals surface area (Å²) in [4.78, 5) is 0. The lowest BCUT2D eigenvalue weighted by Gasteiger charge is -2.30. The number of nitrogens with two attached hydrogens (primary N) is 1. The number of hydrogen-bond donors (Lipinski definition) is 1. The fourth-order valence-corrected chi connectivity index (χ4v) is 2.81. The van der Waals surface area contributed by atoms with Gasteiger partial charge in [-0.2, -0.15) is 0 Å². The third kappa shape index (κ3) is 2.57. The molecule has 19 heavy (non-hydrogen) atoms. The van der Waals surface area contributed by atoms with E-state index in [0.29, 0.717) is 30.6 Å². The van der Waals surface area contributed by atoms with Gasteiger partial charge in [-0.1, -0.05) is 13.3 Å². The summed E-state index contributed by atoms with van der Waals surface area (Å²) in [6, 6.07) is 3.67. The molecule has 0 radical (unpaired) electrons. The highest BCUT2D eigenvalue weighted by Gasteiger charge is 2.24. The van der Waals surface area contributed by atoms with Crippen molar-refractivity contribution in [3.05, 3.63) is 12.1 Å². The zero-order chi connectivity index (χ0) is 13.2. The van der Waals surface area contributed by atoms with E-state index < -0.39 is 0 Å². The van der Waals surface area contributed by atoms with Crippen LogP contribution in [0.5, 0.6) is 17.2 Å². The van der Waals surface area contributed by atoms with Crippen molar-refractivity contribution in [3.63, 3.8) is 0 Å². The van der Waals surface area contributed by atoms with E-state index in [1.54, 1.807) is 6.07 Å². The molecule has 0 saturated heterocycles. The first kappa shape index (κ1) is 12.5. The predicted octanol–water partition coefficient (Wildman–Crippen LogP) is 3.00. The smallest absolute Gasteiger partial charge is 0.165 e. The third-order valence-electron chi connectivity index (χ3n) is 3.99. The molecule has 1 aliphatic carbocycles.